The number of carbonyl (C=O) groups excluding carboxylic acids is 2. The average molecular weight is 678 g/mol. The lowest BCUT2D eigenvalue weighted by atomic mass is 9.99. The molecule has 5 nitrogen and oxygen atoms in total. The minimum atomic E-state index is -0.339. The van der Waals surface area contributed by atoms with Gasteiger partial charge in [0, 0.05) is 28.2 Å². The summed E-state index contributed by atoms with van der Waals surface area (Å²) in [6, 6.07) is 41.1. The van der Waals surface area contributed by atoms with Gasteiger partial charge in [-0.25, -0.2) is 9.59 Å². The van der Waals surface area contributed by atoms with Crippen molar-refractivity contribution < 1.29 is 19.1 Å². The molecular weight excluding hydrogens is 631 g/mol. The molecule has 0 spiro atoms. The highest BCUT2D eigenvalue weighted by atomic mass is 16.5. The summed E-state index contributed by atoms with van der Waals surface area (Å²) < 4.78 is 10.5. The van der Waals surface area contributed by atoms with E-state index in [1.54, 1.807) is 13.8 Å². The van der Waals surface area contributed by atoms with Crippen molar-refractivity contribution in [2.24, 2.45) is 0 Å². The number of anilines is 3. The van der Waals surface area contributed by atoms with Gasteiger partial charge in [-0.2, -0.15) is 0 Å². The van der Waals surface area contributed by atoms with E-state index < -0.39 is 0 Å². The fourth-order valence-electron chi connectivity index (χ4n) is 5.86. The molecule has 0 bridgehead atoms. The molecule has 260 valence electrons. The Morgan fingerprint density at radius 1 is 0.529 bits per heavy atom. The molecule has 0 N–H and O–H groups in total. The van der Waals surface area contributed by atoms with Gasteiger partial charge in [-0.15, -0.1) is 0 Å². The summed E-state index contributed by atoms with van der Waals surface area (Å²) in [5.41, 5.74) is 13.6. The second-order valence-corrected chi connectivity index (χ2v) is 13.1. The molecule has 0 radical (unpaired) electrons. The summed E-state index contributed by atoms with van der Waals surface area (Å²) in [4.78, 5) is 25.7. The van der Waals surface area contributed by atoms with Crippen LogP contribution >= 0.6 is 0 Å². The third kappa shape index (κ3) is 9.95. The van der Waals surface area contributed by atoms with E-state index in [2.05, 4.69) is 147 Å². The van der Waals surface area contributed by atoms with Crippen LogP contribution in [0, 0.1) is 13.8 Å². The molecule has 5 aromatic carbocycles. The summed E-state index contributed by atoms with van der Waals surface area (Å²) in [7, 11) is 0. The van der Waals surface area contributed by atoms with Gasteiger partial charge in [-0.1, -0.05) is 92.0 Å². The largest absolute Gasteiger partial charge is 0.462 e. The molecule has 51 heavy (non-hydrogen) atoms. The fraction of sp³-hybridized carbons (Fsp3) is 0.217. The number of rotatable bonds is 15. The van der Waals surface area contributed by atoms with Gasteiger partial charge in [0.05, 0.1) is 13.2 Å². The molecule has 0 unspecified atom stereocenters. The molecule has 0 aliphatic carbocycles. The maximum absolute atomic E-state index is 11.7. The van der Waals surface area contributed by atoms with Crippen LogP contribution in [0.15, 0.2) is 140 Å². The van der Waals surface area contributed by atoms with Crippen molar-refractivity contribution in [3.05, 3.63) is 162 Å². The van der Waals surface area contributed by atoms with E-state index in [9.17, 15) is 9.59 Å². The predicted octanol–water partition coefficient (Wildman–Crippen LogP) is 11.2. The van der Waals surface area contributed by atoms with E-state index in [-0.39, 0.29) is 11.9 Å². The first kappa shape index (κ1) is 36.6. The molecule has 0 amide bonds. The summed E-state index contributed by atoms with van der Waals surface area (Å²) >= 11 is 0. The minimum absolute atomic E-state index is 0.339. The highest BCUT2D eigenvalue weighted by Gasteiger charge is 2.15. The normalized spacial score (nSPS) is 10.7. The van der Waals surface area contributed by atoms with Gasteiger partial charge in [0.25, 0.3) is 0 Å². The van der Waals surface area contributed by atoms with E-state index in [0.29, 0.717) is 24.4 Å². The van der Waals surface area contributed by atoms with Crippen LogP contribution in [0.1, 0.15) is 48.9 Å². The highest BCUT2D eigenvalue weighted by molar-refractivity contribution is 5.87. The summed E-state index contributed by atoms with van der Waals surface area (Å²) in [6.45, 7) is 15.6. The van der Waals surface area contributed by atoms with E-state index in [4.69, 9.17) is 9.47 Å². The van der Waals surface area contributed by atoms with Crippen molar-refractivity contribution in [1.82, 2.24) is 0 Å². The fourth-order valence-corrected chi connectivity index (χ4v) is 5.86. The molecule has 0 heterocycles. The van der Waals surface area contributed by atoms with Crippen LogP contribution in [0.25, 0.3) is 22.3 Å². The monoisotopic (exact) mass is 677 g/mol. The Hall–Kier alpha value is -5.68. The average Bonchev–Trinajstić information content (AvgIpc) is 3.14. The lowest BCUT2D eigenvalue weighted by Gasteiger charge is -2.26. The summed E-state index contributed by atoms with van der Waals surface area (Å²) in [5, 5.41) is 0. The van der Waals surface area contributed by atoms with E-state index in [0.717, 1.165) is 65.0 Å². The zero-order valence-corrected chi connectivity index (χ0v) is 30.2. The second kappa shape index (κ2) is 17.3. The van der Waals surface area contributed by atoms with E-state index in [1.165, 1.54) is 22.3 Å². The highest BCUT2D eigenvalue weighted by Crippen LogP contribution is 2.37. The molecule has 0 aliphatic rings. The Balaban J connectivity index is 1.33. The zero-order valence-electron chi connectivity index (χ0n) is 30.2. The van der Waals surface area contributed by atoms with Gasteiger partial charge in [0.15, 0.2) is 0 Å². The summed E-state index contributed by atoms with van der Waals surface area (Å²) in [5.74, 6) is -0.679. The number of carbonyl (C=O) groups is 2. The van der Waals surface area contributed by atoms with Gasteiger partial charge in [0.2, 0.25) is 0 Å². The predicted molar refractivity (Wildman–Crippen MR) is 210 cm³/mol. The van der Waals surface area contributed by atoms with Crippen molar-refractivity contribution in [3.63, 3.8) is 0 Å². The van der Waals surface area contributed by atoms with Gasteiger partial charge in [0.1, 0.15) is 0 Å². The van der Waals surface area contributed by atoms with Crippen molar-refractivity contribution in [1.29, 1.82) is 0 Å². The third-order valence-corrected chi connectivity index (χ3v) is 8.90. The smallest absolute Gasteiger partial charge is 0.333 e. The van der Waals surface area contributed by atoms with Gasteiger partial charge in [-0.05, 0) is 134 Å². The first-order valence-electron chi connectivity index (χ1n) is 17.5. The molecule has 0 aliphatic heterocycles. The zero-order chi connectivity index (χ0) is 36.3. The first-order valence-corrected chi connectivity index (χ1v) is 17.5. The van der Waals surface area contributed by atoms with E-state index in [1.807, 2.05) is 0 Å². The van der Waals surface area contributed by atoms with Crippen LogP contribution in [-0.4, -0.2) is 25.2 Å². The molecule has 5 heteroatoms. The van der Waals surface area contributed by atoms with Gasteiger partial charge >= 0.3 is 11.9 Å². The van der Waals surface area contributed by atoms with Crippen LogP contribution in [0.2, 0.25) is 0 Å². The number of benzene rings is 5. The molecular formula is C46H47NO4. The summed E-state index contributed by atoms with van der Waals surface area (Å²) in [6.07, 6.45) is 3.16. The quantitative estimate of drug-likeness (QED) is 0.0627. The van der Waals surface area contributed by atoms with Crippen molar-refractivity contribution >= 4 is 29.0 Å². The minimum Gasteiger partial charge on any atom is -0.462 e. The number of ether oxygens (including phenoxy) is 2. The molecule has 0 fully saturated rings. The maximum atomic E-state index is 11.7. The molecule has 0 saturated carbocycles. The van der Waals surface area contributed by atoms with Gasteiger partial charge in [-0.3, -0.25) is 0 Å². The topological polar surface area (TPSA) is 55.8 Å². The standard InChI is InChI=1S/C46H47NO4/c1-32(2)45(48)50-27-9-13-36-11-7-15-40(30-36)38-18-23-42(24-19-38)47(44-22-17-34(5)35(6)29-44)43-25-20-39(21-26-43)41-16-8-12-37(31-41)14-10-28-51-46(49)33(3)4/h7-8,11-12,15-26,29-31H,1,3,9-10,13-14,27-28H2,2,4-6H3. The van der Waals surface area contributed by atoms with Crippen molar-refractivity contribution in [3.8, 4) is 22.3 Å². The van der Waals surface area contributed by atoms with E-state index >= 15 is 0 Å². The first-order chi connectivity index (χ1) is 24.6. The number of esters is 2. The number of hydrogen-bond acceptors (Lipinski definition) is 5. The van der Waals surface area contributed by atoms with Crippen LogP contribution in [0.5, 0.6) is 0 Å². The van der Waals surface area contributed by atoms with Crippen LogP contribution in [-0.2, 0) is 31.9 Å². The molecule has 0 atom stereocenters. The number of aryl methyl sites for hydroxylation is 4. The van der Waals surface area contributed by atoms with Crippen LogP contribution < -0.4 is 4.90 Å². The van der Waals surface area contributed by atoms with Gasteiger partial charge < -0.3 is 14.4 Å². The van der Waals surface area contributed by atoms with Crippen LogP contribution in [0.3, 0.4) is 0 Å². The molecule has 5 aromatic rings. The Bertz CT molecular complexity index is 1890. The Kier molecular flexibility index (Phi) is 12.4. The number of nitrogens with zero attached hydrogens (tertiary/aromatic N) is 1. The second-order valence-electron chi connectivity index (χ2n) is 13.1. The SMILES string of the molecule is C=C(C)C(=O)OCCCc1cccc(-c2ccc(N(c3ccc(-c4cccc(CCCOC(=O)C(=C)C)c4)cc3)c3ccc(C)c(C)c3)cc2)c1. The Morgan fingerprint density at radius 2 is 0.961 bits per heavy atom. The lowest BCUT2D eigenvalue weighted by Crippen LogP contribution is -2.10. The van der Waals surface area contributed by atoms with Crippen molar-refractivity contribution in [2.45, 2.75) is 53.4 Å². The molecule has 0 aromatic heterocycles. The third-order valence-electron chi connectivity index (χ3n) is 8.90. The molecule has 0 saturated heterocycles. The Labute approximate surface area is 302 Å². The lowest BCUT2D eigenvalue weighted by molar-refractivity contribution is -0.139. The van der Waals surface area contributed by atoms with Crippen LogP contribution in [0.4, 0.5) is 17.1 Å². The molecule has 5 rings (SSSR count). The van der Waals surface area contributed by atoms with Crippen molar-refractivity contribution in [2.75, 3.05) is 18.1 Å². The Morgan fingerprint density at radius 3 is 1.37 bits per heavy atom. The number of hydrogen-bond donors (Lipinski definition) is 0. The maximum Gasteiger partial charge on any atom is 0.333 e.